The number of halogens is 1. The Morgan fingerprint density at radius 1 is 1.30 bits per heavy atom. The molecule has 0 fully saturated rings. The lowest BCUT2D eigenvalue weighted by Gasteiger charge is -2.24. The van der Waals surface area contributed by atoms with Gasteiger partial charge in [0.05, 0.1) is 12.1 Å². The van der Waals surface area contributed by atoms with E-state index in [4.69, 9.17) is 16.7 Å². The van der Waals surface area contributed by atoms with Gasteiger partial charge in [0.25, 0.3) is 0 Å². The number of nitrogens with one attached hydrogen (secondary N) is 1. The fourth-order valence-electron chi connectivity index (χ4n) is 1.74. The van der Waals surface area contributed by atoms with Crippen molar-refractivity contribution in [1.29, 1.82) is 0 Å². The Hall–Kier alpha value is -1.39. The fraction of sp³-hybridized carbons (Fsp3) is 0.467. The smallest absolute Gasteiger partial charge is 0.221 e. The average molecular weight is 298 g/mol. The van der Waals surface area contributed by atoms with Crippen LogP contribution in [0.2, 0.25) is 5.02 Å². The summed E-state index contributed by atoms with van der Waals surface area (Å²) < 4.78 is 0. The molecule has 1 aromatic rings. The van der Waals surface area contributed by atoms with Crippen LogP contribution in [0.15, 0.2) is 24.3 Å². The van der Waals surface area contributed by atoms with E-state index in [0.29, 0.717) is 10.6 Å². The molecule has 1 atom stereocenters. The van der Waals surface area contributed by atoms with Gasteiger partial charge in [-0.25, -0.2) is 0 Å². The van der Waals surface area contributed by atoms with Gasteiger partial charge in [0, 0.05) is 22.9 Å². The summed E-state index contributed by atoms with van der Waals surface area (Å²) in [6, 6.07) is 6.60. The number of carbonyl (C=O) groups excluding carboxylic acids is 2. The third kappa shape index (κ3) is 4.94. The van der Waals surface area contributed by atoms with Crippen molar-refractivity contribution in [3.8, 4) is 0 Å². The summed E-state index contributed by atoms with van der Waals surface area (Å²) in [5.74, 6) is -0.775. The van der Waals surface area contributed by atoms with Gasteiger partial charge < -0.3 is 10.4 Å². The molecule has 4 nitrogen and oxygen atoms in total. The largest absolute Gasteiger partial charge is 0.394 e. The lowest BCUT2D eigenvalue weighted by atomic mass is 9.95. The monoisotopic (exact) mass is 297 g/mol. The third-order valence-corrected chi connectivity index (χ3v) is 3.19. The molecule has 1 aromatic carbocycles. The van der Waals surface area contributed by atoms with Crippen molar-refractivity contribution < 1.29 is 14.7 Å². The first-order valence-electron chi connectivity index (χ1n) is 6.47. The number of hydrogen-bond donors (Lipinski definition) is 2. The molecule has 0 heterocycles. The highest BCUT2D eigenvalue weighted by molar-refractivity contribution is 6.30. The summed E-state index contributed by atoms with van der Waals surface area (Å²) in [7, 11) is 0. The van der Waals surface area contributed by atoms with Crippen LogP contribution in [-0.4, -0.2) is 28.9 Å². The van der Waals surface area contributed by atoms with Crippen LogP contribution in [0.4, 0.5) is 0 Å². The maximum atomic E-state index is 12.2. The molecule has 0 aliphatic carbocycles. The van der Waals surface area contributed by atoms with E-state index in [9.17, 15) is 9.59 Å². The number of rotatable bonds is 6. The second kappa shape index (κ2) is 6.86. The molecule has 1 unspecified atom stereocenters. The highest BCUT2D eigenvalue weighted by Gasteiger charge is 2.23. The van der Waals surface area contributed by atoms with Crippen molar-refractivity contribution in [2.75, 3.05) is 6.61 Å². The molecule has 0 aliphatic rings. The minimum Gasteiger partial charge on any atom is -0.394 e. The summed E-state index contributed by atoms with van der Waals surface area (Å²) in [6.07, 6.45) is 0.0882. The summed E-state index contributed by atoms with van der Waals surface area (Å²) in [6.45, 7) is 4.99. The van der Waals surface area contributed by atoms with Crippen LogP contribution in [0.25, 0.3) is 0 Å². The van der Waals surface area contributed by atoms with E-state index in [1.165, 1.54) is 0 Å². The summed E-state index contributed by atoms with van der Waals surface area (Å²) in [5.41, 5.74) is -0.142. The molecule has 1 amide bonds. The first-order chi connectivity index (χ1) is 9.25. The van der Waals surface area contributed by atoms with Gasteiger partial charge in [0.15, 0.2) is 5.78 Å². The molecular formula is C15H20ClNO3. The molecular weight excluding hydrogens is 278 g/mol. The zero-order chi connectivity index (χ0) is 15.3. The van der Waals surface area contributed by atoms with Gasteiger partial charge in [0.2, 0.25) is 5.91 Å². The number of Topliss-reactive ketones (excluding diaryl/α,β-unsaturated/α-hetero) is 1. The summed E-state index contributed by atoms with van der Waals surface area (Å²) in [5, 5.41) is 12.4. The van der Waals surface area contributed by atoms with Crippen molar-refractivity contribution in [2.24, 2.45) is 5.92 Å². The first kappa shape index (κ1) is 16.7. The minimum atomic E-state index is -0.680. The van der Waals surface area contributed by atoms with Crippen LogP contribution in [0.1, 0.15) is 37.6 Å². The molecule has 0 aliphatic heterocycles. The number of carbonyl (C=O) groups is 2. The van der Waals surface area contributed by atoms with Crippen molar-refractivity contribution in [2.45, 2.75) is 32.7 Å². The number of aliphatic hydroxyl groups excluding tert-OH is 1. The lowest BCUT2D eigenvalue weighted by molar-refractivity contribution is -0.123. The minimum absolute atomic E-state index is 0.0882. The summed E-state index contributed by atoms with van der Waals surface area (Å²) >= 11 is 5.77. The Bertz CT molecular complexity index is 482. The standard InChI is InChI=1S/C15H20ClNO3/c1-10(8-13(19)17-15(2,3)9-18)14(20)11-4-6-12(16)7-5-11/h4-7,10,18H,8-9H2,1-3H3,(H,17,19). The van der Waals surface area contributed by atoms with Gasteiger partial charge in [-0.15, -0.1) is 0 Å². The van der Waals surface area contributed by atoms with Crippen molar-refractivity contribution in [3.05, 3.63) is 34.9 Å². The van der Waals surface area contributed by atoms with Crippen LogP contribution < -0.4 is 5.32 Å². The number of benzene rings is 1. The number of ketones is 1. The SMILES string of the molecule is CC(CC(=O)NC(C)(C)CO)C(=O)c1ccc(Cl)cc1. The lowest BCUT2D eigenvalue weighted by Crippen LogP contribution is -2.46. The molecule has 0 radical (unpaired) electrons. The van der Waals surface area contributed by atoms with Crippen molar-refractivity contribution in [3.63, 3.8) is 0 Å². The fourth-order valence-corrected chi connectivity index (χ4v) is 1.86. The van der Waals surface area contributed by atoms with E-state index in [-0.39, 0.29) is 24.7 Å². The van der Waals surface area contributed by atoms with Crippen LogP contribution in [0, 0.1) is 5.92 Å². The zero-order valence-corrected chi connectivity index (χ0v) is 12.7. The van der Waals surface area contributed by atoms with Crippen molar-refractivity contribution >= 4 is 23.3 Å². The van der Waals surface area contributed by atoms with Crippen LogP contribution in [-0.2, 0) is 4.79 Å². The highest BCUT2D eigenvalue weighted by Crippen LogP contribution is 2.16. The third-order valence-electron chi connectivity index (χ3n) is 2.94. The predicted molar refractivity (Wildman–Crippen MR) is 78.9 cm³/mol. The van der Waals surface area contributed by atoms with Crippen LogP contribution in [0.3, 0.4) is 0 Å². The quantitative estimate of drug-likeness (QED) is 0.793. The summed E-state index contributed by atoms with van der Waals surface area (Å²) in [4.78, 5) is 24.0. The Balaban J connectivity index is 2.62. The number of hydrogen-bond acceptors (Lipinski definition) is 3. The van der Waals surface area contributed by atoms with Crippen LogP contribution >= 0.6 is 11.6 Å². The van der Waals surface area contributed by atoms with Crippen LogP contribution in [0.5, 0.6) is 0 Å². The molecule has 2 N–H and O–H groups in total. The van der Waals surface area contributed by atoms with Gasteiger partial charge in [-0.3, -0.25) is 9.59 Å². The molecule has 1 rings (SSSR count). The second-order valence-corrected chi connectivity index (χ2v) is 6.00. The topological polar surface area (TPSA) is 66.4 Å². The van der Waals surface area contributed by atoms with E-state index in [0.717, 1.165) is 0 Å². The van der Waals surface area contributed by atoms with E-state index < -0.39 is 11.5 Å². The Labute approximate surface area is 124 Å². The molecule has 0 bridgehead atoms. The van der Waals surface area contributed by atoms with Gasteiger partial charge >= 0.3 is 0 Å². The molecule has 0 aromatic heterocycles. The van der Waals surface area contributed by atoms with E-state index in [2.05, 4.69) is 5.32 Å². The molecule has 110 valence electrons. The second-order valence-electron chi connectivity index (χ2n) is 5.57. The van der Waals surface area contributed by atoms with E-state index in [1.807, 2.05) is 0 Å². The van der Waals surface area contributed by atoms with E-state index in [1.54, 1.807) is 45.0 Å². The maximum Gasteiger partial charge on any atom is 0.221 e. The molecule has 0 spiro atoms. The predicted octanol–water partition coefficient (Wildman–Crippen LogP) is 2.44. The first-order valence-corrected chi connectivity index (χ1v) is 6.84. The van der Waals surface area contributed by atoms with Gasteiger partial charge in [-0.2, -0.15) is 0 Å². The van der Waals surface area contributed by atoms with Gasteiger partial charge in [0.1, 0.15) is 0 Å². The molecule has 0 saturated heterocycles. The maximum absolute atomic E-state index is 12.2. The Kier molecular flexibility index (Phi) is 5.72. The van der Waals surface area contributed by atoms with Gasteiger partial charge in [-0.05, 0) is 38.1 Å². The highest BCUT2D eigenvalue weighted by atomic mass is 35.5. The van der Waals surface area contributed by atoms with Gasteiger partial charge in [-0.1, -0.05) is 18.5 Å². The number of amides is 1. The normalized spacial score (nSPS) is 12.8. The molecule has 0 saturated carbocycles. The zero-order valence-electron chi connectivity index (χ0n) is 11.9. The molecule has 5 heteroatoms. The molecule has 20 heavy (non-hydrogen) atoms. The Morgan fingerprint density at radius 2 is 1.85 bits per heavy atom. The average Bonchev–Trinajstić information content (AvgIpc) is 2.38. The number of aliphatic hydroxyl groups is 1. The Morgan fingerprint density at radius 3 is 2.35 bits per heavy atom. The van der Waals surface area contributed by atoms with E-state index >= 15 is 0 Å². The van der Waals surface area contributed by atoms with Crippen molar-refractivity contribution in [1.82, 2.24) is 5.32 Å².